The third-order valence-electron chi connectivity index (χ3n) is 6.16. The van der Waals surface area contributed by atoms with Crippen LogP contribution >= 0.6 is 11.6 Å². The summed E-state index contributed by atoms with van der Waals surface area (Å²) in [5, 5.41) is 9.96. The number of ether oxygens (including phenoxy) is 1. The molecule has 1 saturated heterocycles. The van der Waals surface area contributed by atoms with Crippen molar-refractivity contribution in [2.24, 2.45) is 0 Å². The van der Waals surface area contributed by atoms with Crippen LogP contribution in [-0.2, 0) is 0 Å². The number of rotatable bonds is 6. The van der Waals surface area contributed by atoms with Gasteiger partial charge >= 0.3 is 5.97 Å². The van der Waals surface area contributed by atoms with E-state index in [9.17, 15) is 14.7 Å². The Bertz CT molecular complexity index is 1480. The first-order chi connectivity index (χ1) is 16.9. The van der Waals surface area contributed by atoms with E-state index in [0.29, 0.717) is 34.3 Å². The van der Waals surface area contributed by atoms with Gasteiger partial charge in [-0.05, 0) is 49.2 Å². The summed E-state index contributed by atoms with van der Waals surface area (Å²) in [4.78, 5) is 30.7. The molecule has 3 heterocycles. The van der Waals surface area contributed by atoms with E-state index in [1.165, 1.54) is 6.20 Å². The van der Waals surface area contributed by atoms with Gasteiger partial charge in [0.05, 0.1) is 17.2 Å². The Labute approximate surface area is 205 Å². The highest BCUT2D eigenvalue weighted by atomic mass is 35.5. The molecule has 0 bridgehead atoms. The first-order valence-electron chi connectivity index (χ1n) is 11.1. The maximum absolute atomic E-state index is 15.4. The fourth-order valence-electron chi connectivity index (χ4n) is 4.49. The molecule has 0 unspecified atom stereocenters. The van der Waals surface area contributed by atoms with Gasteiger partial charge in [-0.3, -0.25) is 4.79 Å². The monoisotopic (exact) mass is 493 g/mol. The average molecular weight is 494 g/mol. The van der Waals surface area contributed by atoms with E-state index in [-0.39, 0.29) is 18.0 Å². The summed E-state index contributed by atoms with van der Waals surface area (Å²) < 4.78 is 22.8. The highest BCUT2D eigenvalue weighted by molar-refractivity contribution is 6.31. The van der Waals surface area contributed by atoms with Crippen LogP contribution in [0.15, 0.2) is 71.8 Å². The van der Waals surface area contributed by atoms with E-state index in [1.54, 1.807) is 53.2 Å². The molecule has 1 N–H and O–H groups in total. The molecule has 7 nitrogen and oxygen atoms in total. The van der Waals surface area contributed by atoms with Crippen molar-refractivity contribution in [1.29, 1.82) is 0 Å². The van der Waals surface area contributed by atoms with Crippen molar-refractivity contribution in [3.63, 3.8) is 0 Å². The topological polar surface area (TPSA) is 84.7 Å². The second kappa shape index (κ2) is 9.38. The Balaban J connectivity index is 1.58. The lowest BCUT2D eigenvalue weighted by atomic mass is 10.1. The fraction of sp³-hybridized carbons (Fsp3) is 0.192. The number of carbonyl (C=O) groups is 1. The number of aromatic carboxylic acids is 1. The summed E-state index contributed by atoms with van der Waals surface area (Å²) in [5.41, 5.74) is 0.248. The molecule has 5 rings (SSSR count). The first-order valence-corrected chi connectivity index (χ1v) is 11.5. The Hall–Kier alpha value is -3.91. The van der Waals surface area contributed by atoms with Gasteiger partial charge < -0.3 is 19.3 Å². The maximum atomic E-state index is 15.4. The van der Waals surface area contributed by atoms with E-state index >= 15 is 4.39 Å². The van der Waals surface area contributed by atoms with Crippen LogP contribution in [0, 0.1) is 5.82 Å². The van der Waals surface area contributed by atoms with E-state index in [2.05, 4.69) is 4.98 Å². The number of hydrogen-bond acceptors (Lipinski definition) is 5. The van der Waals surface area contributed by atoms with Crippen molar-refractivity contribution in [3.8, 4) is 11.6 Å². The van der Waals surface area contributed by atoms with E-state index in [4.69, 9.17) is 16.3 Å². The number of pyridine rings is 2. The molecular formula is C26H21ClFN3O4. The molecule has 2 aromatic heterocycles. The largest absolute Gasteiger partial charge is 0.477 e. The molecule has 0 aliphatic carbocycles. The Morgan fingerprint density at radius 3 is 2.74 bits per heavy atom. The zero-order chi connectivity index (χ0) is 24.5. The number of carboxylic acid groups (broad SMARTS) is 1. The predicted molar refractivity (Wildman–Crippen MR) is 132 cm³/mol. The molecule has 1 aliphatic heterocycles. The molecular weight excluding hydrogens is 473 g/mol. The van der Waals surface area contributed by atoms with Crippen LogP contribution in [0.2, 0.25) is 5.02 Å². The van der Waals surface area contributed by atoms with Crippen LogP contribution in [-0.4, -0.2) is 39.8 Å². The zero-order valence-electron chi connectivity index (χ0n) is 18.5. The lowest BCUT2D eigenvalue weighted by Crippen LogP contribution is -2.35. The molecule has 178 valence electrons. The van der Waals surface area contributed by atoms with E-state index in [0.717, 1.165) is 18.9 Å². The molecule has 1 atom stereocenters. The minimum Gasteiger partial charge on any atom is -0.477 e. The smallest absolute Gasteiger partial charge is 0.341 e. The van der Waals surface area contributed by atoms with Gasteiger partial charge in [-0.15, -0.1) is 0 Å². The van der Waals surface area contributed by atoms with E-state index in [1.807, 2.05) is 11.0 Å². The molecule has 9 heteroatoms. The zero-order valence-corrected chi connectivity index (χ0v) is 19.3. The number of carboxylic acids is 1. The second-order valence-corrected chi connectivity index (χ2v) is 8.70. The second-order valence-electron chi connectivity index (χ2n) is 8.29. The van der Waals surface area contributed by atoms with Gasteiger partial charge in [0, 0.05) is 30.0 Å². The highest BCUT2D eigenvalue weighted by Gasteiger charge is 2.29. The molecule has 0 amide bonds. The lowest BCUT2D eigenvalue weighted by Gasteiger charge is -2.28. The minimum atomic E-state index is -1.36. The van der Waals surface area contributed by atoms with Gasteiger partial charge in [0.25, 0.3) is 0 Å². The average Bonchev–Trinajstić information content (AvgIpc) is 3.32. The van der Waals surface area contributed by atoms with Gasteiger partial charge in [-0.2, -0.15) is 0 Å². The maximum Gasteiger partial charge on any atom is 0.341 e. The summed E-state index contributed by atoms with van der Waals surface area (Å²) in [6, 6.07) is 15.0. The van der Waals surface area contributed by atoms with Gasteiger partial charge in [-0.25, -0.2) is 14.2 Å². The third kappa shape index (κ3) is 4.33. The van der Waals surface area contributed by atoms with Crippen molar-refractivity contribution in [1.82, 2.24) is 9.55 Å². The van der Waals surface area contributed by atoms with Crippen molar-refractivity contribution >= 4 is 34.2 Å². The lowest BCUT2D eigenvalue weighted by molar-refractivity contribution is 0.0695. The molecule has 35 heavy (non-hydrogen) atoms. The first kappa shape index (κ1) is 22.9. The summed E-state index contributed by atoms with van der Waals surface area (Å²) in [6.07, 6.45) is 4.50. The molecule has 0 radical (unpaired) electrons. The molecule has 1 aliphatic rings. The summed E-state index contributed by atoms with van der Waals surface area (Å²) in [6.45, 7) is 0.868. The number of fused-ring (bicyclic) bond motifs is 1. The molecule has 2 aromatic carbocycles. The summed E-state index contributed by atoms with van der Waals surface area (Å²) in [5.74, 6) is -1.64. The van der Waals surface area contributed by atoms with Crippen LogP contribution < -0.4 is 15.1 Å². The van der Waals surface area contributed by atoms with Gasteiger partial charge in [0.1, 0.15) is 23.0 Å². The molecule has 1 fully saturated rings. The van der Waals surface area contributed by atoms with Gasteiger partial charge in [-0.1, -0.05) is 29.8 Å². The van der Waals surface area contributed by atoms with Crippen molar-refractivity contribution in [3.05, 3.63) is 93.6 Å². The number of nitrogens with zero attached hydrogens (tertiary/aromatic N) is 3. The summed E-state index contributed by atoms with van der Waals surface area (Å²) in [7, 11) is 0. The quantitative estimate of drug-likeness (QED) is 0.410. The Morgan fingerprint density at radius 2 is 2.00 bits per heavy atom. The standard InChI is InChI=1S/C26H21ClFN3O4/c27-20-9-4-10-29-25(20)35-15-17-8-5-11-30(17)23-13-22-18(12-21(23)28)24(32)19(26(33)34)14-31(22)16-6-2-1-3-7-16/h1-4,6-7,9-10,12-14,17H,5,8,11,15H2,(H,33,34)/t17-/m1/s1. The van der Waals surface area contributed by atoms with Crippen LogP contribution in [0.4, 0.5) is 10.1 Å². The number of para-hydroxylation sites is 1. The number of halogens is 2. The normalized spacial score (nSPS) is 15.5. The number of aromatic nitrogens is 2. The predicted octanol–water partition coefficient (Wildman–Crippen LogP) is 4.92. The van der Waals surface area contributed by atoms with Gasteiger partial charge in [0.2, 0.25) is 11.3 Å². The molecule has 4 aromatic rings. The fourth-order valence-corrected chi connectivity index (χ4v) is 4.66. The Morgan fingerprint density at radius 1 is 1.20 bits per heavy atom. The van der Waals surface area contributed by atoms with Crippen molar-refractivity contribution < 1.29 is 19.0 Å². The van der Waals surface area contributed by atoms with Gasteiger partial charge in [0.15, 0.2) is 0 Å². The third-order valence-corrected chi connectivity index (χ3v) is 6.45. The Kier molecular flexibility index (Phi) is 6.13. The van der Waals surface area contributed by atoms with E-state index < -0.39 is 22.8 Å². The molecule has 0 spiro atoms. The number of hydrogen-bond donors (Lipinski definition) is 1. The van der Waals surface area contributed by atoms with Crippen LogP contribution in [0.5, 0.6) is 5.88 Å². The molecule has 0 saturated carbocycles. The van der Waals surface area contributed by atoms with Crippen molar-refractivity contribution in [2.45, 2.75) is 18.9 Å². The minimum absolute atomic E-state index is 0.00210. The number of anilines is 1. The SMILES string of the molecule is O=C(O)c1cn(-c2ccccc2)c2cc(N3CCC[C@@H]3COc3ncccc3Cl)c(F)cc2c1=O. The number of benzene rings is 2. The van der Waals surface area contributed by atoms with Crippen LogP contribution in [0.25, 0.3) is 16.6 Å². The summed E-state index contributed by atoms with van der Waals surface area (Å²) >= 11 is 6.14. The van der Waals surface area contributed by atoms with Crippen molar-refractivity contribution in [2.75, 3.05) is 18.1 Å². The van der Waals surface area contributed by atoms with Crippen LogP contribution in [0.3, 0.4) is 0 Å². The highest BCUT2D eigenvalue weighted by Crippen LogP contribution is 2.32. The van der Waals surface area contributed by atoms with Crippen LogP contribution in [0.1, 0.15) is 23.2 Å².